The maximum atomic E-state index is 6.04. The lowest BCUT2D eigenvalue weighted by Crippen LogP contribution is -2.17. The summed E-state index contributed by atoms with van der Waals surface area (Å²) in [5.41, 5.74) is 2.58. The number of fused-ring (bicyclic) bond motifs is 1. The minimum absolute atomic E-state index is 0.285. The molecule has 0 bridgehead atoms. The summed E-state index contributed by atoms with van der Waals surface area (Å²) in [5.74, 6) is 0. The van der Waals surface area contributed by atoms with Crippen molar-refractivity contribution >= 4 is 33.0 Å². The highest BCUT2D eigenvalue weighted by Gasteiger charge is 2.07. The maximum absolute atomic E-state index is 6.04. The van der Waals surface area contributed by atoms with Crippen molar-refractivity contribution in [1.82, 2.24) is 5.32 Å². The number of hydrogen-bond acceptors (Lipinski definition) is 2. The molecule has 0 saturated heterocycles. The third kappa shape index (κ3) is 2.88. The van der Waals surface area contributed by atoms with E-state index in [1.807, 2.05) is 18.2 Å². The molecule has 0 spiro atoms. The second-order valence-electron chi connectivity index (χ2n) is 4.91. The number of hydrogen-bond donors (Lipinski definition) is 1. The van der Waals surface area contributed by atoms with Crippen LogP contribution in [0.5, 0.6) is 0 Å². The average Bonchev–Trinajstić information content (AvgIpc) is 2.88. The molecular formula is C17H16ClNS. The van der Waals surface area contributed by atoms with E-state index in [-0.39, 0.29) is 6.04 Å². The molecule has 3 aromatic rings. The molecule has 3 heteroatoms. The zero-order valence-electron chi connectivity index (χ0n) is 11.3. The van der Waals surface area contributed by atoms with Gasteiger partial charge in [0.2, 0.25) is 0 Å². The monoisotopic (exact) mass is 301 g/mol. The van der Waals surface area contributed by atoms with Gasteiger partial charge in [0.1, 0.15) is 0 Å². The summed E-state index contributed by atoms with van der Waals surface area (Å²) in [6, 6.07) is 16.9. The zero-order chi connectivity index (χ0) is 13.9. The minimum Gasteiger partial charge on any atom is -0.306 e. The molecule has 0 amide bonds. The van der Waals surface area contributed by atoms with Gasteiger partial charge in [0.15, 0.2) is 0 Å². The Kier molecular flexibility index (Phi) is 4.06. The summed E-state index contributed by atoms with van der Waals surface area (Å²) in [6.45, 7) is 3.04. The normalized spacial score (nSPS) is 12.7. The molecule has 0 saturated carbocycles. The van der Waals surface area contributed by atoms with E-state index in [9.17, 15) is 0 Å². The van der Waals surface area contributed by atoms with Crippen molar-refractivity contribution in [3.63, 3.8) is 0 Å². The topological polar surface area (TPSA) is 12.0 Å². The van der Waals surface area contributed by atoms with E-state index >= 15 is 0 Å². The highest BCUT2D eigenvalue weighted by Crippen LogP contribution is 2.26. The van der Waals surface area contributed by atoms with Gasteiger partial charge in [0.05, 0.1) is 0 Å². The largest absolute Gasteiger partial charge is 0.306 e. The molecule has 0 fully saturated rings. The Labute approximate surface area is 128 Å². The third-order valence-electron chi connectivity index (χ3n) is 3.51. The Bertz CT molecular complexity index is 720. The molecule has 2 aromatic carbocycles. The van der Waals surface area contributed by atoms with Gasteiger partial charge in [-0.15, -0.1) is 11.3 Å². The van der Waals surface area contributed by atoms with Gasteiger partial charge in [-0.05, 0) is 47.0 Å². The van der Waals surface area contributed by atoms with E-state index in [0.29, 0.717) is 0 Å². The van der Waals surface area contributed by atoms with Crippen LogP contribution in [-0.2, 0) is 6.54 Å². The summed E-state index contributed by atoms with van der Waals surface area (Å²) in [4.78, 5) is 0. The van der Waals surface area contributed by atoms with E-state index in [4.69, 9.17) is 11.6 Å². The first-order valence-corrected chi connectivity index (χ1v) is 7.94. The van der Waals surface area contributed by atoms with Gasteiger partial charge in [0.25, 0.3) is 0 Å². The predicted molar refractivity (Wildman–Crippen MR) is 88.5 cm³/mol. The second kappa shape index (κ2) is 5.96. The van der Waals surface area contributed by atoms with Crippen LogP contribution in [0.4, 0.5) is 0 Å². The van der Waals surface area contributed by atoms with E-state index in [0.717, 1.165) is 11.6 Å². The Morgan fingerprint density at radius 2 is 2.00 bits per heavy atom. The van der Waals surface area contributed by atoms with Crippen LogP contribution in [0.1, 0.15) is 24.1 Å². The minimum atomic E-state index is 0.285. The molecule has 0 unspecified atom stereocenters. The summed E-state index contributed by atoms with van der Waals surface area (Å²) in [7, 11) is 0. The zero-order valence-corrected chi connectivity index (χ0v) is 12.8. The number of benzene rings is 2. The average molecular weight is 302 g/mol. The van der Waals surface area contributed by atoms with Crippen molar-refractivity contribution in [3.05, 3.63) is 70.1 Å². The fourth-order valence-electron chi connectivity index (χ4n) is 2.33. The molecule has 20 heavy (non-hydrogen) atoms. The van der Waals surface area contributed by atoms with Crippen LogP contribution < -0.4 is 5.32 Å². The first kappa shape index (κ1) is 13.6. The van der Waals surface area contributed by atoms with Crippen LogP contribution in [0.2, 0.25) is 5.02 Å². The van der Waals surface area contributed by atoms with E-state index in [1.54, 1.807) is 11.3 Å². The van der Waals surface area contributed by atoms with Crippen LogP contribution in [-0.4, -0.2) is 0 Å². The number of nitrogens with one attached hydrogen (secondary N) is 1. The lowest BCUT2D eigenvalue weighted by molar-refractivity contribution is 0.577. The fraction of sp³-hybridized carbons (Fsp3) is 0.176. The molecule has 0 aliphatic carbocycles. The predicted octanol–water partition coefficient (Wildman–Crippen LogP) is 5.41. The van der Waals surface area contributed by atoms with Crippen molar-refractivity contribution < 1.29 is 0 Å². The molecule has 1 N–H and O–H groups in total. The van der Waals surface area contributed by atoms with Crippen molar-refractivity contribution in [2.45, 2.75) is 19.5 Å². The summed E-state index contributed by atoms with van der Waals surface area (Å²) >= 11 is 7.84. The Morgan fingerprint density at radius 1 is 1.15 bits per heavy atom. The van der Waals surface area contributed by atoms with Gasteiger partial charge in [-0.1, -0.05) is 41.9 Å². The van der Waals surface area contributed by atoms with Crippen LogP contribution >= 0.6 is 22.9 Å². The van der Waals surface area contributed by atoms with E-state index < -0.39 is 0 Å². The molecule has 102 valence electrons. The van der Waals surface area contributed by atoms with Crippen molar-refractivity contribution in [3.8, 4) is 0 Å². The molecule has 0 aliphatic heterocycles. The van der Waals surface area contributed by atoms with Gasteiger partial charge in [-0.2, -0.15) is 0 Å². The number of thiophene rings is 1. The lowest BCUT2D eigenvalue weighted by atomic mass is 10.1. The summed E-state index contributed by atoms with van der Waals surface area (Å²) in [6.07, 6.45) is 0. The van der Waals surface area contributed by atoms with Crippen LogP contribution in [0.3, 0.4) is 0 Å². The van der Waals surface area contributed by atoms with Crippen molar-refractivity contribution in [1.29, 1.82) is 0 Å². The molecule has 3 rings (SSSR count). The SMILES string of the molecule is C[C@@H](NCc1csc2ccccc12)c1cccc(Cl)c1. The fourth-order valence-corrected chi connectivity index (χ4v) is 3.49. The molecule has 1 heterocycles. The Hall–Kier alpha value is -1.35. The first-order valence-electron chi connectivity index (χ1n) is 6.68. The molecule has 1 aromatic heterocycles. The van der Waals surface area contributed by atoms with E-state index in [2.05, 4.69) is 48.0 Å². The third-order valence-corrected chi connectivity index (χ3v) is 4.76. The lowest BCUT2D eigenvalue weighted by Gasteiger charge is -2.14. The first-order chi connectivity index (χ1) is 9.74. The number of rotatable bonds is 4. The standard InChI is InChI=1S/C17H16ClNS/c1-12(13-5-4-6-15(18)9-13)19-10-14-11-20-17-8-3-2-7-16(14)17/h2-9,11-12,19H,10H2,1H3/t12-/m1/s1. The Balaban J connectivity index is 1.73. The van der Waals surface area contributed by atoms with Gasteiger partial charge < -0.3 is 5.32 Å². The van der Waals surface area contributed by atoms with Crippen LogP contribution in [0.15, 0.2) is 53.9 Å². The summed E-state index contributed by atoms with van der Waals surface area (Å²) < 4.78 is 1.35. The summed E-state index contributed by atoms with van der Waals surface area (Å²) in [5, 5.41) is 7.95. The second-order valence-corrected chi connectivity index (χ2v) is 6.26. The Morgan fingerprint density at radius 3 is 2.85 bits per heavy atom. The van der Waals surface area contributed by atoms with E-state index in [1.165, 1.54) is 21.2 Å². The number of halogens is 1. The van der Waals surface area contributed by atoms with Gasteiger partial charge >= 0.3 is 0 Å². The quantitative estimate of drug-likeness (QED) is 0.680. The molecule has 1 nitrogen and oxygen atoms in total. The van der Waals surface area contributed by atoms with Crippen molar-refractivity contribution in [2.24, 2.45) is 0 Å². The molecule has 0 radical (unpaired) electrons. The van der Waals surface area contributed by atoms with Gasteiger partial charge in [-0.3, -0.25) is 0 Å². The van der Waals surface area contributed by atoms with Crippen molar-refractivity contribution in [2.75, 3.05) is 0 Å². The van der Waals surface area contributed by atoms with Crippen LogP contribution in [0.25, 0.3) is 10.1 Å². The van der Waals surface area contributed by atoms with Crippen LogP contribution in [0, 0.1) is 0 Å². The molecule has 0 aliphatic rings. The van der Waals surface area contributed by atoms with Gasteiger partial charge in [-0.25, -0.2) is 0 Å². The highest BCUT2D eigenvalue weighted by molar-refractivity contribution is 7.17. The molecular weight excluding hydrogens is 286 g/mol. The highest BCUT2D eigenvalue weighted by atomic mass is 35.5. The van der Waals surface area contributed by atoms with Gasteiger partial charge in [0, 0.05) is 22.3 Å². The maximum Gasteiger partial charge on any atom is 0.0409 e. The molecule has 1 atom stereocenters. The smallest absolute Gasteiger partial charge is 0.0409 e.